The minimum absolute atomic E-state index is 0.190. The van der Waals surface area contributed by atoms with E-state index >= 15 is 0 Å². The highest BCUT2D eigenvalue weighted by molar-refractivity contribution is 6.37. The minimum atomic E-state index is -0.760. The summed E-state index contributed by atoms with van der Waals surface area (Å²) in [7, 11) is 0. The van der Waals surface area contributed by atoms with Crippen LogP contribution in [-0.2, 0) is 4.79 Å². The van der Waals surface area contributed by atoms with Crippen LogP contribution in [0, 0.1) is 0 Å². The van der Waals surface area contributed by atoms with Crippen molar-refractivity contribution in [1.29, 1.82) is 0 Å². The van der Waals surface area contributed by atoms with Crippen molar-refractivity contribution < 1.29 is 14.4 Å². The molecule has 4 N–H and O–H groups in total. The molecule has 9 heteroatoms. The largest absolute Gasteiger partial charge is 0.351 e. The van der Waals surface area contributed by atoms with Gasteiger partial charge in [-0.1, -0.05) is 23.2 Å². The average molecular weight is 421 g/mol. The Morgan fingerprint density at radius 1 is 1.21 bits per heavy atom. The molecule has 1 aliphatic rings. The maximum Gasteiger partial charge on any atom is 0.260 e. The third kappa shape index (κ3) is 3.82. The van der Waals surface area contributed by atoms with Crippen molar-refractivity contribution in [3.8, 4) is 0 Å². The van der Waals surface area contributed by atoms with Crippen LogP contribution in [-0.4, -0.2) is 36.9 Å². The molecule has 0 bridgehead atoms. The van der Waals surface area contributed by atoms with Crippen LogP contribution in [0.15, 0.2) is 36.4 Å². The number of nitrogens with zero attached hydrogens (tertiary/aromatic N) is 1. The highest BCUT2D eigenvalue weighted by atomic mass is 35.5. The van der Waals surface area contributed by atoms with Crippen molar-refractivity contribution in [2.75, 3.05) is 23.3 Å². The molecule has 0 aromatic heterocycles. The van der Waals surface area contributed by atoms with Crippen LogP contribution in [0.5, 0.6) is 0 Å². The first-order chi connectivity index (χ1) is 13.3. The molecule has 1 heterocycles. The molecular weight excluding hydrogens is 403 g/mol. The lowest BCUT2D eigenvalue weighted by molar-refractivity contribution is -0.117. The summed E-state index contributed by atoms with van der Waals surface area (Å²) in [5.41, 5.74) is 6.80. The standard InChI is InChI=1S/C19H18Cl2N4O3/c1-10-17(26)24-15-8-11(18(27)23-7-6-22)2-5-16(15)25(10)19(28)13-4-3-12(20)9-14(13)21/h2-5,8-10H,6-7,22H2,1H3,(H,23,27)(H,24,26). The number of rotatable bonds is 4. The number of carbonyl (C=O) groups is 3. The van der Waals surface area contributed by atoms with Crippen LogP contribution in [0.25, 0.3) is 0 Å². The van der Waals surface area contributed by atoms with Crippen LogP contribution in [0.4, 0.5) is 11.4 Å². The smallest absolute Gasteiger partial charge is 0.260 e. The number of hydrogen-bond donors (Lipinski definition) is 3. The van der Waals surface area contributed by atoms with Crippen LogP contribution >= 0.6 is 23.2 Å². The monoisotopic (exact) mass is 420 g/mol. The normalized spacial score (nSPS) is 15.6. The molecule has 1 aliphatic heterocycles. The van der Waals surface area contributed by atoms with Gasteiger partial charge in [0, 0.05) is 23.7 Å². The number of amides is 3. The van der Waals surface area contributed by atoms with E-state index in [2.05, 4.69) is 10.6 Å². The summed E-state index contributed by atoms with van der Waals surface area (Å²) < 4.78 is 0. The van der Waals surface area contributed by atoms with Crippen LogP contribution in [0.3, 0.4) is 0 Å². The number of carbonyl (C=O) groups excluding carboxylic acids is 3. The number of benzene rings is 2. The van der Waals surface area contributed by atoms with Crippen molar-refractivity contribution in [3.63, 3.8) is 0 Å². The van der Waals surface area contributed by atoms with E-state index in [0.29, 0.717) is 35.1 Å². The summed E-state index contributed by atoms with van der Waals surface area (Å²) in [6, 6.07) is 8.50. The van der Waals surface area contributed by atoms with Gasteiger partial charge in [0.1, 0.15) is 6.04 Å². The summed E-state index contributed by atoms with van der Waals surface area (Å²) in [5.74, 6) is -1.13. The first-order valence-corrected chi connectivity index (χ1v) is 9.31. The second-order valence-corrected chi connectivity index (χ2v) is 7.08. The Balaban J connectivity index is 2.00. The lowest BCUT2D eigenvalue weighted by Crippen LogP contribution is -2.49. The molecule has 1 unspecified atom stereocenters. The molecule has 3 amide bonds. The third-order valence-electron chi connectivity index (χ3n) is 4.35. The summed E-state index contributed by atoms with van der Waals surface area (Å²) in [5, 5.41) is 5.98. The van der Waals surface area contributed by atoms with Crippen molar-refractivity contribution in [2.24, 2.45) is 5.73 Å². The number of fused-ring (bicyclic) bond motifs is 1. The van der Waals surface area contributed by atoms with Crippen molar-refractivity contribution in [3.05, 3.63) is 57.6 Å². The summed E-state index contributed by atoms with van der Waals surface area (Å²) in [6.45, 7) is 2.26. The lowest BCUT2D eigenvalue weighted by atomic mass is 10.0. The molecule has 3 rings (SSSR count). The Bertz CT molecular complexity index is 964. The highest BCUT2D eigenvalue weighted by Gasteiger charge is 2.35. The van der Waals surface area contributed by atoms with Gasteiger partial charge >= 0.3 is 0 Å². The molecule has 28 heavy (non-hydrogen) atoms. The maximum atomic E-state index is 13.1. The van der Waals surface area contributed by atoms with Gasteiger partial charge in [0.15, 0.2) is 0 Å². The first-order valence-electron chi connectivity index (χ1n) is 8.55. The van der Waals surface area contributed by atoms with Gasteiger partial charge < -0.3 is 16.4 Å². The zero-order valence-electron chi connectivity index (χ0n) is 15.0. The fourth-order valence-electron chi connectivity index (χ4n) is 2.92. The Morgan fingerprint density at radius 2 is 1.96 bits per heavy atom. The average Bonchev–Trinajstić information content (AvgIpc) is 2.66. The van der Waals surface area contributed by atoms with Gasteiger partial charge in [0.25, 0.3) is 11.8 Å². The van der Waals surface area contributed by atoms with Crippen LogP contribution in [0.1, 0.15) is 27.6 Å². The van der Waals surface area contributed by atoms with E-state index < -0.39 is 11.9 Å². The molecule has 7 nitrogen and oxygen atoms in total. The van der Waals surface area contributed by atoms with E-state index in [1.807, 2.05) is 0 Å². The zero-order valence-corrected chi connectivity index (χ0v) is 16.5. The van der Waals surface area contributed by atoms with Gasteiger partial charge in [0.2, 0.25) is 5.91 Å². The van der Waals surface area contributed by atoms with Crippen LogP contribution < -0.4 is 21.3 Å². The number of halogens is 2. The molecule has 0 aliphatic carbocycles. The van der Waals surface area contributed by atoms with Crippen molar-refractivity contribution >= 4 is 52.3 Å². The minimum Gasteiger partial charge on any atom is -0.351 e. The topological polar surface area (TPSA) is 105 Å². The molecule has 0 fully saturated rings. The fraction of sp³-hybridized carbons (Fsp3) is 0.211. The van der Waals surface area contributed by atoms with Crippen molar-refractivity contribution in [1.82, 2.24) is 5.32 Å². The van der Waals surface area contributed by atoms with E-state index in [1.165, 1.54) is 23.1 Å². The van der Waals surface area contributed by atoms with Gasteiger partial charge in [-0.05, 0) is 43.3 Å². The molecule has 2 aromatic rings. The number of nitrogens with two attached hydrogens (primary N) is 1. The second-order valence-electron chi connectivity index (χ2n) is 6.24. The van der Waals surface area contributed by atoms with Gasteiger partial charge in [-0.15, -0.1) is 0 Å². The predicted octanol–water partition coefficient (Wildman–Crippen LogP) is 2.67. The Morgan fingerprint density at radius 3 is 2.64 bits per heavy atom. The van der Waals surface area contributed by atoms with Gasteiger partial charge in [-0.3, -0.25) is 19.3 Å². The van der Waals surface area contributed by atoms with E-state index in [4.69, 9.17) is 28.9 Å². The Hall–Kier alpha value is -2.61. The number of anilines is 2. The molecule has 0 saturated heterocycles. The summed E-state index contributed by atoms with van der Waals surface area (Å²) in [4.78, 5) is 39.1. The van der Waals surface area contributed by atoms with Crippen LogP contribution in [0.2, 0.25) is 10.0 Å². The number of nitrogens with one attached hydrogen (secondary N) is 2. The van der Waals surface area contributed by atoms with Crippen molar-refractivity contribution in [2.45, 2.75) is 13.0 Å². The van der Waals surface area contributed by atoms with Gasteiger partial charge in [-0.2, -0.15) is 0 Å². The predicted molar refractivity (Wildman–Crippen MR) is 109 cm³/mol. The molecule has 0 spiro atoms. The van der Waals surface area contributed by atoms with E-state index in [1.54, 1.807) is 25.1 Å². The quantitative estimate of drug-likeness (QED) is 0.706. The SMILES string of the molecule is CC1C(=O)Nc2cc(C(=O)NCCN)ccc2N1C(=O)c1ccc(Cl)cc1Cl. The van der Waals surface area contributed by atoms with Gasteiger partial charge in [0.05, 0.1) is 22.0 Å². The molecule has 2 aromatic carbocycles. The first kappa shape index (κ1) is 20.1. The Kier molecular flexibility index (Phi) is 5.88. The lowest BCUT2D eigenvalue weighted by Gasteiger charge is -2.35. The summed E-state index contributed by atoms with van der Waals surface area (Å²) >= 11 is 12.1. The highest BCUT2D eigenvalue weighted by Crippen LogP contribution is 2.35. The third-order valence-corrected chi connectivity index (χ3v) is 4.90. The number of hydrogen-bond acceptors (Lipinski definition) is 4. The van der Waals surface area contributed by atoms with Gasteiger partial charge in [-0.25, -0.2) is 0 Å². The maximum absolute atomic E-state index is 13.1. The zero-order chi connectivity index (χ0) is 20.4. The Labute approximate surface area is 171 Å². The molecular formula is C19H18Cl2N4O3. The molecule has 146 valence electrons. The fourth-order valence-corrected chi connectivity index (χ4v) is 3.41. The van der Waals surface area contributed by atoms with E-state index in [0.717, 1.165) is 0 Å². The van der Waals surface area contributed by atoms with E-state index in [9.17, 15) is 14.4 Å². The molecule has 0 radical (unpaired) electrons. The summed E-state index contributed by atoms with van der Waals surface area (Å²) in [6.07, 6.45) is 0. The van der Waals surface area contributed by atoms with E-state index in [-0.39, 0.29) is 22.4 Å². The molecule has 1 atom stereocenters. The molecule has 0 saturated carbocycles. The second kappa shape index (κ2) is 8.18.